The fourth-order valence-corrected chi connectivity index (χ4v) is 3.15. The van der Waals surface area contributed by atoms with Crippen molar-refractivity contribution in [1.82, 2.24) is 15.3 Å². The van der Waals surface area contributed by atoms with Crippen LogP contribution in [0.1, 0.15) is 24.8 Å². The number of hydrogen-bond donors (Lipinski definition) is 1. The fourth-order valence-electron chi connectivity index (χ4n) is 3.15. The molecule has 25 heavy (non-hydrogen) atoms. The molecule has 1 atom stereocenters. The third-order valence-corrected chi connectivity index (χ3v) is 4.54. The Morgan fingerprint density at radius 1 is 1.24 bits per heavy atom. The highest BCUT2D eigenvalue weighted by atomic mass is 16.7. The Morgan fingerprint density at radius 2 is 2.08 bits per heavy atom. The molecule has 1 aromatic carbocycles. The summed E-state index contributed by atoms with van der Waals surface area (Å²) in [5.41, 5.74) is 1.12. The van der Waals surface area contributed by atoms with Gasteiger partial charge in [0.15, 0.2) is 0 Å². The van der Waals surface area contributed by atoms with Gasteiger partial charge in [-0.1, -0.05) is 42.5 Å². The van der Waals surface area contributed by atoms with Crippen molar-refractivity contribution in [3.63, 3.8) is 0 Å². The summed E-state index contributed by atoms with van der Waals surface area (Å²) in [7, 11) is 0. The molecule has 2 amide bonds. The predicted molar refractivity (Wildman–Crippen MR) is 95.4 cm³/mol. The SMILES string of the molecule is O=C1NCCN(CC=Cc2ccccc2)C1CC(=O)N1CCCCO1. The lowest BCUT2D eigenvalue weighted by Gasteiger charge is -2.35. The van der Waals surface area contributed by atoms with Crippen LogP contribution in [0.15, 0.2) is 36.4 Å². The third-order valence-electron chi connectivity index (χ3n) is 4.54. The van der Waals surface area contributed by atoms with Crippen LogP contribution in [0.2, 0.25) is 0 Å². The van der Waals surface area contributed by atoms with E-state index in [1.165, 1.54) is 5.06 Å². The highest BCUT2D eigenvalue weighted by Gasteiger charge is 2.33. The molecule has 6 nitrogen and oxygen atoms in total. The number of piperazine rings is 1. The van der Waals surface area contributed by atoms with Crippen LogP contribution in [0.5, 0.6) is 0 Å². The van der Waals surface area contributed by atoms with E-state index in [1.54, 1.807) is 0 Å². The summed E-state index contributed by atoms with van der Waals surface area (Å²) in [6.07, 6.45) is 6.17. The van der Waals surface area contributed by atoms with E-state index in [0.717, 1.165) is 24.9 Å². The number of nitrogens with zero attached hydrogens (tertiary/aromatic N) is 2. The molecule has 1 aromatic rings. The summed E-state index contributed by atoms with van der Waals surface area (Å²) in [4.78, 5) is 32.2. The topological polar surface area (TPSA) is 61.9 Å². The van der Waals surface area contributed by atoms with E-state index in [2.05, 4.69) is 10.2 Å². The minimum atomic E-state index is -0.438. The van der Waals surface area contributed by atoms with Gasteiger partial charge in [0.25, 0.3) is 0 Å². The third kappa shape index (κ3) is 4.90. The molecule has 6 heteroatoms. The van der Waals surface area contributed by atoms with Crippen LogP contribution in [0, 0.1) is 0 Å². The zero-order valence-electron chi connectivity index (χ0n) is 14.4. The van der Waals surface area contributed by atoms with Gasteiger partial charge in [0, 0.05) is 26.2 Å². The van der Waals surface area contributed by atoms with E-state index in [9.17, 15) is 9.59 Å². The molecule has 0 aliphatic carbocycles. The maximum Gasteiger partial charge on any atom is 0.248 e. The highest BCUT2D eigenvalue weighted by molar-refractivity contribution is 5.88. The number of carbonyl (C=O) groups is 2. The van der Waals surface area contributed by atoms with E-state index in [0.29, 0.717) is 26.2 Å². The molecule has 1 N–H and O–H groups in total. The molecule has 2 saturated heterocycles. The lowest BCUT2D eigenvalue weighted by Crippen LogP contribution is -2.56. The second kappa shape index (κ2) is 8.78. The van der Waals surface area contributed by atoms with Gasteiger partial charge in [-0.25, -0.2) is 5.06 Å². The average molecular weight is 343 g/mol. The Kier molecular flexibility index (Phi) is 6.19. The molecule has 2 aliphatic heterocycles. The van der Waals surface area contributed by atoms with E-state index < -0.39 is 6.04 Å². The molecule has 0 aromatic heterocycles. The molecular formula is C19H25N3O3. The molecule has 0 saturated carbocycles. The van der Waals surface area contributed by atoms with E-state index >= 15 is 0 Å². The Bertz CT molecular complexity index is 612. The lowest BCUT2D eigenvalue weighted by atomic mass is 10.1. The monoisotopic (exact) mass is 343 g/mol. The highest BCUT2D eigenvalue weighted by Crippen LogP contribution is 2.14. The molecular weight excluding hydrogens is 318 g/mol. The smallest absolute Gasteiger partial charge is 0.248 e. The van der Waals surface area contributed by atoms with Crippen LogP contribution in [0.3, 0.4) is 0 Å². The lowest BCUT2D eigenvalue weighted by molar-refractivity contribution is -0.198. The van der Waals surface area contributed by atoms with Gasteiger partial charge < -0.3 is 5.32 Å². The van der Waals surface area contributed by atoms with Crippen molar-refractivity contribution in [2.24, 2.45) is 0 Å². The van der Waals surface area contributed by atoms with Crippen LogP contribution in [-0.2, 0) is 14.4 Å². The molecule has 1 unspecified atom stereocenters. The Labute approximate surface area is 148 Å². The Balaban J connectivity index is 1.59. The zero-order chi connectivity index (χ0) is 17.5. The first kappa shape index (κ1) is 17.6. The minimum absolute atomic E-state index is 0.0790. The Hall–Kier alpha value is -2.18. The van der Waals surface area contributed by atoms with Gasteiger partial charge >= 0.3 is 0 Å². The van der Waals surface area contributed by atoms with Crippen LogP contribution in [0.4, 0.5) is 0 Å². The van der Waals surface area contributed by atoms with Gasteiger partial charge in [-0.15, -0.1) is 0 Å². The molecule has 2 aliphatic rings. The predicted octanol–water partition coefficient (Wildman–Crippen LogP) is 1.44. The van der Waals surface area contributed by atoms with Crippen molar-refractivity contribution < 1.29 is 14.4 Å². The minimum Gasteiger partial charge on any atom is -0.353 e. The van der Waals surface area contributed by atoms with E-state index in [-0.39, 0.29) is 18.2 Å². The van der Waals surface area contributed by atoms with Gasteiger partial charge in [-0.2, -0.15) is 0 Å². The van der Waals surface area contributed by atoms with Crippen LogP contribution >= 0.6 is 0 Å². The van der Waals surface area contributed by atoms with Gasteiger partial charge in [0.05, 0.1) is 19.1 Å². The fraction of sp³-hybridized carbons (Fsp3) is 0.474. The zero-order valence-corrected chi connectivity index (χ0v) is 14.4. The van der Waals surface area contributed by atoms with Crippen molar-refractivity contribution >= 4 is 17.9 Å². The molecule has 0 spiro atoms. The summed E-state index contributed by atoms with van der Waals surface area (Å²) in [6, 6.07) is 9.60. The van der Waals surface area contributed by atoms with Gasteiger partial charge in [0.2, 0.25) is 11.8 Å². The molecule has 2 fully saturated rings. The molecule has 0 bridgehead atoms. The number of nitrogens with one attached hydrogen (secondary N) is 1. The quantitative estimate of drug-likeness (QED) is 0.879. The number of amides is 2. The second-order valence-electron chi connectivity index (χ2n) is 6.36. The number of benzene rings is 1. The normalized spacial score (nSPS) is 22.2. The van der Waals surface area contributed by atoms with Crippen molar-refractivity contribution in [3.8, 4) is 0 Å². The van der Waals surface area contributed by atoms with Crippen LogP contribution in [-0.4, -0.2) is 60.6 Å². The Morgan fingerprint density at radius 3 is 2.84 bits per heavy atom. The van der Waals surface area contributed by atoms with Gasteiger partial charge in [-0.3, -0.25) is 19.3 Å². The number of carbonyl (C=O) groups excluding carboxylic acids is 2. The van der Waals surface area contributed by atoms with E-state index in [4.69, 9.17) is 4.84 Å². The first-order valence-electron chi connectivity index (χ1n) is 8.90. The first-order valence-corrected chi connectivity index (χ1v) is 8.90. The summed E-state index contributed by atoms with van der Waals surface area (Å²) < 4.78 is 0. The summed E-state index contributed by atoms with van der Waals surface area (Å²) in [5.74, 6) is -0.191. The summed E-state index contributed by atoms with van der Waals surface area (Å²) in [6.45, 7) is 3.18. The van der Waals surface area contributed by atoms with Crippen molar-refractivity contribution in [2.45, 2.75) is 25.3 Å². The van der Waals surface area contributed by atoms with E-state index in [1.807, 2.05) is 42.5 Å². The standard InChI is InChI=1S/C19H25N3O3/c23-18(22-12-4-5-14-25-22)15-17-19(24)20-10-13-21(17)11-6-9-16-7-2-1-3-8-16/h1-3,6-9,17H,4-5,10-15H2,(H,20,24). The molecule has 134 valence electrons. The largest absolute Gasteiger partial charge is 0.353 e. The number of hydrogen-bond acceptors (Lipinski definition) is 4. The van der Waals surface area contributed by atoms with Crippen molar-refractivity contribution in [3.05, 3.63) is 42.0 Å². The van der Waals surface area contributed by atoms with Gasteiger partial charge in [0.1, 0.15) is 0 Å². The van der Waals surface area contributed by atoms with Crippen LogP contribution < -0.4 is 5.32 Å². The van der Waals surface area contributed by atoms with Crippen molar-refractivity contribution in [1.29, 1.82) is 0 Å². The molecule has 0 radical (unpaired) electrons. The number of rotatable bonds is 5. The maximum absolute atomic E-state index is 12.4. The van der Waals surface area contributed by atoms with Gasteiger partial charge in [-0.05, 0) is 18.4 Å². The maximum atomic E-state index is 12.4. The first-order chi connectivity index (χ1) is 12.2. The average Bonchev–Trinajstić information content (AvgIpc) is 2.66. The van der Waals surface area contributed by atoms with Crippen molar-refractivity contribution in [2.75, 3.05) is 32.8 Å². The molecule has 2 heterocycles. The second-order valence-corrected chi connectivity index (χ2v) is 6.36. The summed E-state index contributed by atoms with van der Waals surface area (Å²) >= 11 is 0. The number of hydroxylamine groups is 2. The van der Waals surface area contributed by atoms with Crippen LogP contribution in [0.25, 0.3) is 6.08 Å². The summed E-state index contributed by atoms with van der Waals surface area (Å²) in [5, 5.41) is 4.28. The molecule has 3 rings (SSSR count).